The molecule has 1 fully saturated rings. The average molecular weight is 402 g/mol. The van der Waals surface area contributed by atoms with Crippen LogP contribution in [0.1, 0.15) is 6.23 Å². The Labute approximate surface area is 158 Å². The second-order valence-electron chi connectivity index (χ2n) is 5.12. The van der Waals surface area contributed by atoms with Crippen LogP contribution in [0.5, 0.6) is 0 Å². The molecule has 3 N–H and O–H groups in total. The SMILES string of the molecule is CSC(=S)OCCO[C@@H]1C(N=[N+]=[N-])[C@@H](CO)O[C@H]1n1ccc(N)nc1=O. The number of aliphatic hydroxyl groups excluding tert-OH is 1. The number of aliphatic hydroxyl groups is 1. The number of nitrogen functional groups attached to an aromatic ring is 1. The van der Waals surface area contributed by atoms with Gasteiger partial charge in [-0.1, -0.05) is 16.9 Å². The van der Waals surface area contributed by atoms with E-state index in [9.17, 15) is 9.90 Å². The zero-order chi connectivity index (χ0) is 19.1. The Balaban J connectivity index is 2.21. The zero-order valence-corrected chi connectivity index (χ0v) is 15.4. The van der Waals surface area contributed by atoms with E-state index in [1.54, 1.807) is 6.26 Å². The van der Waals surface area contributed by atoms with E-state index in [2.05, 4.69) is 15.0 Å². The summed E-state index contributed by atoms with van der Waals surface area (Å²) in [6.07, 6.45) is 0.568. The lowest BCUT2D eigenvalue weighted by atomic mass is 10.1. The monoisotopic (exact) mass is 402 g/mol. The molecule has 0 saturated carbocycles. The molecule has 2 rings (SSSR count). The Morgan fingerprint density at radius 3 is 3.04 bits per heavy atom. The minimum absolute atomic E-state index is 0.0611. The summed E-state index contributed by atoms with van der Waals surface area (Å²) in [5.74, 6) is 0.0611. The highest BCUT2D eigenvalue weighted by molar-refractivity contribution is 8.22. The maximum atomic E-state index is 12.1. The molecular formula is C13H18N6O5S2. The van der Waals surface area contributed by atoms with Gasteiger partial charge in [0.15, 0.2) is 6.23 Å². The molecule has 1 aliphatic rings. The first kappa shape index (κ1) is 20.4. The van der Waals surface area contributed by atoms with Crippen molar-refractivity contribution in [2.24, 2.45) is 5.11 Å². The lowest BCUT2D eigenvalue weighted by Gasteiger charge is -2.22. The number of thiocarbonyl (C=S) groups is 1. The molecule has 1 aromatic heterocycles. The Morgan fingerprint density at radius 1 is 1.65 bits per heavy atom. The van der Waals surface area contributed by atoms with E-state index in [4.69, 9.17) is 37.7 Å². The Morgan fingerprint density at radius 2 is 2.42 bits per heavy atom. The van der Waals surface area contributed by atoms with Gasteiger partial charge in [-0.2, -0.15) is 4.98 Å². The van der Waals surface area contributed by atoms with Crippen LogP contribution < -0.4 is 11.4 Å². The molecule has 26 heavy (non-hydrogen) atoms. The molecule has 0 aliphatic carbocycles. The van der Waals surface area contributed by atoms with Crippen molar-refractivity contribution in [1.29, 1.82) is 0 Å². The minimum atomic E-state index is -0.948. The van der Waals surface area contributed by atoms with Gasteiger partial charge in [0.25, 0.3) is 0 Å². The largest absolute Gasteiger partial charge is 0.476 e. The standard InChI is InChI=1S/C13H18N6O5S2/c1-26-13(25)23-5-4-22-10-9(17-18-15)7(6-20)24-11(10)19-3-2-8(14)16-12(19)21/h2-3,7,9-11,20H,4-6H2,1H3,(H2,14,16,21)/t7-,9?,10-,11-/m1/s1. The number of aromatic nitrogens is 2. The first-order valence-corrected chi connectivity index (χ1v) is 9.12. The molecule has 142 valence electrons. The van der Waals surface area contributed by atoms with Gasteiger partial charge in [-0.15, -0.1) is 0 Å². The summed E-state index contributed by atoms with van der Waals surface area (Å²) in [6, 6.07) is 0.586. The van der Waals surface area contributed by atoms with Gasteiger partial charge in [-0.05, 0) is 30.1 Å². The fourth-order valence-corrected chi connectivity index (χ4v) is 2.74. The summed E-state index contributed by atoms with van der Waals surface area (Å²) in [4.78, 5) is 18.5. The Hall–Kier alpha value is -1.89. The number of hydrogen-bond acceptors (Lipinski definition) is 10. The Bertz CT molecular complexity index is 740. The van der Waals surface area contributed by atoms with Crippen LogP contribution in [0.2, 0.25) is 0 Å². The first-order chi connectivity index (χ1) is 12.5. The third kappa shape index (κ3) is 4.84. The quantitative estimate of drug-likeness (QED) is 0.217. The second kappa shape index (κ2) is 9.71. The van der Waals surface area contributed by atoms with E-state index in [0.29, 0.717) is 4.38 Å². The predicted octanol–water partition coefficient (Wildman–Crippen LogP) is 0.444. The molecule has 13 heteroatoms. The van der Waals surface area contributed by atoms with Crippen molar-refractivity contribution < 1.29 is 19.3 Å². The third-order valence-corrected chi connectivity index (χ3v) is 4.65. The summed E-state index contributed by atoms with van der Waals surface area (Å²) in [7, 11) is 0. The van der Waals surface area contributed by atoms with Gasteiger partial charge >= 0.3 is 5.69 Å². The smallest absolute Gasteiger partial charge is 0.351 e. The lowest BCUT2D eigenvalue weighted by Crippen LogP contribution is -2.37. The fourth-order valence-electron chi connectivity index (χ4n) is 2.46. The van der Waals surface area contributed by atoms with Gasteiger partial charge in [-0.3, -0.25) is 4.57 Å². The molecule has 1 aromatic rings. The molecule has 1 saturated heterocycles. The van der Waals surface area contributed by atoms with Crippen LogP contribution in [0.15, 0.2) is 22.2 Å². The summed E-state index contributed by atoms with van der Waals surface area (Å²) in [5, 5.41) is 13.2. The third-order valence-electron chi connectivity index (χ3n) is 3.58. The molecule has 11 nitrogen and oxygen atoms in total. The number of hydrogen-bond donors (Lipinski definition) is 2. The summed E-state index contributed by atoms with van der Waals surface area (Å²) in [5.41, 5.74) is 13.6. The van der Waals surface area contributed by atoms with Crippen molar-refractivity contribution in [2.75, 3.05) is 31.8 Å². The van der Waals surface area contributed by atoms with Crippen LogP contribution in [0.25, 0.3) is 10.4 Å². The summed E-state index contributed by atoms with van der Waals surface area (Å²) >= 11 is 6.21. The van der Waals surface area contributed by atoms with E-state index in [1.165, 1.54) is 28.6 Å². The van der Waals surface area contributed by atoms with E-state index in [-0.39, 0.29) is 19.0 Å². The number of nitrogens with two attached hydrogens (primary N) is 1. The topological polar surface area (TPSA) is 158 Å². The van der Waals surface area contributed by atoms with Crippen molar-refractivity contribution in [3.8, 4) is 0 Å². The van der Waals surface area contributed by atoms with E-state index < -0.39 is 36.8 Å². The van der Waals surface area contributed by atoms with Crippen molar-refractivity contribution in [3.05, 3.63) is 33.2 Å². The van der Waals surface area contributed by atoms with Gasteiger partial charge in [0, 0.05) is 11.1 Å². The molecule has 0 amide bonds. The molecule has 4 atom stereocenters. The molecule has 1 aliphatic heterocycles. The van der Waals surface area contributed by atoms with Crippen molar-refractivity contribution in [3.63, 3.8) is 0 Å². The summed E-state index contributed by atoms with van der Waals surface area (Å²) < 4.78 is 18.2. The maximum absolute atomic E-state index is 12.1. The van der Waals surface area contributed by atoms with Gasteiger partial charge in [0.1, 0.15) is 18.5 Å². The fraction of sp³-hybridized carbons (Fsp3) is 0.615. The number of rotatable bonds is 7. The van der Waals surface area contributed by atoms with Crippen molar-refractivity contribution >= 4 is 34.2 Å². The van der Waals surface area contributed by atoms with Crippen LogP contribution in [0.3, 0.4) is 0 Å². The number of ether oxygens (including phenoxy) is 3. The van der Waals surface area contributed by atoms with Crippen molar-refractivity contribution in [1.82, 2.24) is 9.55 Å². The Kier molecular flexibility index (Phi) is 7.63. The number of anilines is 1. The van der Waals surface area contributed by atoms with E-state index >= 15 is 0 Å². The maximum Gasteiger partial charge on any atom is 0.351 e. The normalized spacial score (nSPS) is 24.8. The molecular weight excluding hydrogens is 384 g/mol. The molecule has 0 spiro atoms. The number of thioether (sulfide) groups is 1. The van der Waals surface area contributed by atoms with Gasteiger partial charge in [0.2, 0.25) is 4.38 Å². The van der Waals surface area contributed by atoms with E-state index in [1.807, 2.05) is 0 Å². The minimum Gasteiger partial charge on any atom is -0.476 e. The summed E-state index contributed by atoms with van der Waals surface area (Å²) in [6.45, 7) is -0.132. The van der Waals surface area contributed by atoms with Gasteiger partial charge in [0.05, 0.1) is 25.4 Å². The molecule has 0 radical (unpaired) electrons. The van der Waals surface area contributed by atoms with E-state index in [0.717, 1.165) is 0 Å². The molecule has 0 bridgehead atoms. The molecule has 0 aromatic carbocycles. The highest BCUT2D eigenvalue weighted by Gasteiger charge is 2.46. The van der Waals surface area contributed by atoms with Crippen LogP contribution >= 0.6 is 24.0 Å². The first-order valence-electron chi connectivity index (χ1n) is 7.49. The van der Waals surface area contributed by atoms with Crippen LogP contribution in [0, 0.1) is 0 Å². The average Bonchev–Trinajstić information content (AvgIpc) is 2.96. The second-order valence-corrected chi connectivity index (χ2v) is 6.53. The van der Waals surface area contributed by atoms with Crippen LogP contribution in [-0.4, -0.2) is 63.4 Å². The highest BCUT2D eigenvalue weighted by atomic mass is 32.2. The number of azide groups is 1. The van der Waals surface area contributed by atoms with Crippen molar-refractivity contribution in [2.45, 2.75) is 24.5 Å². The predicted molar refractivity (Wildman–Crippen MR) is 98.6 cm³/mol. The van der Waals surface area contributed by atoms with Gasteiger partial charge < -0.3 is 25.1 Å². The number of nitrogens with zero attached hydrogens (tertiary/aromatic N) is 5. The van der Waals surface area contributed by atoms with Crippen LogP contribution in [0.4, 0.5) is 5.82 Å². The zero-order valence-electron chi connectivity index (χ0n) is 13.8. The molecule has 2 heterocycles. The van der Waals surface area contributed by atoms with Crippen LogP contribution in [-0.2, 0) is 14.2 Å². The highest BCUT2D eigenvalue weighted by Crippen LogP contribution is 2.33. The lowest BCUT2D eigenvalue weighted by molar-refractivity contribution is -0.0762. The molecule has 1 unspecified atom stereocenters. The van der Waals surface area contributed by atoms with Gasteiger partial charge in [-0.25, -0.2) is 4.79 Å².